The van der Waals surface area contributed by atoms with Gasteiger partial charge in [0, 0.05) is 19.3 Å². The van der Waals surface area contributed by atoms with E-state index in [-0.39, 0.29) is 12.1 Å². The second-order valence-corrected chi connectivity index (χ2v) is 6.87. The molecule has 1 heterocycles. The highest BCUT2D eigenvalue weighted by atomic mass is 16.2. The summed E-state index contributed by atoms with van der Waals surface area (Å²) in [4.78, 5) is 19.1. The average molecular weight is 348 g/mol. The van der Waals surface area contributed by atoms with E-state index in [2.05, 4.69) is 24.9 Å². The van der Waals surface area contributed by atoms with Crippen molar-refractivity contribution in [3.05, 3.63) is 29.1 Å². The van der Waals surface area contributed by atoms with Gasteiger partial charge in [0.2, 0.25) is 0 Å². The summed E-state index contributed by atoms with van der Waals surface area (Å²) < 4.78 is 8.30. The van der Waals surface area contributed by atoms with Gasteiger partial charge in [-0.1, -0.05) is 58.4 Å². The average Bonchev–Trinajstić information content (AvgIpc) is 2.64. The second-order valence-electron chi connectivity index (χ2n) is 6.87. The zero-order valence-electron chi connectivity index (χ0n) is 17.9. The van der Waals surface area contributed by atoms with E-state index in [1.807, 2.05) is 13.8 Å². The van der Waals surface area contributed by atoms with Crippen LogP contribution in [-0.4, -0.2) is 28.9 Å². The molecule has 0 saturated carbocycles. The number of aryl methyl sites for hydroxylation is 2. The molecule has 0 radical (unpaired) electrons. The van der Waals surface area contributed by atoms with Crippen molar-refractivity contribution in [2.24, 2.45) is 0 Å². The van der Waals surface area contributed by atoms with Crippen LogP contribution in [0.25, 0.3) is 0 Å². The van der Waals surface area contributed by atoms with Crippen LogP contribution < -0.4 is 0 Å². The number of aromatic nitrogens is 1. The van der Waals surface area contributed by atoms with Crippen LogP contribution in [0.4, 0.5) is 0 Å². The first-order valence-corrected chi connectivity index (χ1v) is 10.4. The quantitative estimate of drug-likeness (QED) is 0.422. The SMILES string of the molecule is [2H]c1nc(C(=O)N(CC)CC)c(CCCCCC)cc1CCCCCC. The predicted octanol–water partition coefficient (Wildman–Crippen LogP) is 5.81. The van der Waals surface area contributed by atoms with Crippen molar-refractivity contribution in [2.45, 2.75) is 91.9 Å². The minimum absolute atomic E-state index is 0.0217. The van der Waals surface area contributed by atoms with E-state index in [4.69, 9.17) is 1.37 Å². The van der Waals surface area contributed by atoms with Crippen molar-refractivity contribution < 1.29 is 6.17 Å². The molecule has 0 aliphatic rings. The molecular formula is C22H38N2O. The summed E-state index contributed by atoms with van der Waals surface area (Å²) in [6, 6.07) is 2.10. The molecule has 3 nitrogen and oxygen atoms in total. The summed E-state index contributed by atoms with van der Waals surface area (Å²) in [5.41, 5.74) is 2.55. The Kier molecular flexibility index (Phi) is 10.3. The van der Waals surface area contributed by atoms with Gasteiger partial charge >= 0.3 is 0 Å². The Bertz CT molecular complexity index is 541. The topological polar surface area (TPSA) is 33.2 Å². The number of amides is 1. The molecule has 3 heteroatoms. The molecule has 1 aromatic rings. The van der Waals surface area contributed by atoms with Crippen LogP contribution >= 0.6 is 0 Å². The molecule has 1 rings (SSSR count). The lowest BCUT2D eigenvalue weighted by Crippen LogP contribution is -2.32. The standard InChI is InChI=1S/C22H38N2O/c1-5-9-11-13-15-19-17-20(16-14-12-10-6-2)21(23-18-19)22(25)24(7-3)8-4/h17-18H,5-16H2,1-4H3/i18D. The van der Waals surface area contributed by atoms with E-state index in [0.29, 0.717) is 18.8 Å². The maximum Gasteiger partial charge on any atom is 0.272 e. The van der Waals surface area contributed by atoms with Crippen LogP contribution in [0.2, 0.25) is 0 Å². The van der Waals surface area contributed by atoms with Gasteiger partial charge in [0.15, 0.2) is 0 Å². The van der Waals surface area contributed by atoms with Gasteiger partial charge in [0.05, 0.1) is 1.37 Å². The molecule has 0 fully saturated rings. The van der Waals surface area contributed by atoms with Gasteiger partial charge in [0.25, 0.3) is 5.91 Å². The van der Waals surface area contributed by atoms with Gasteiger partial charge in [-0.05, 0) is 50.7 Å². The summed E-state index contributed by atoms with van der Waals surface area (Å²) in [6.07, 6.45) is 11.5. The van der Waals surface area contributed by atoms with E-state index in [9.17, 15) is 4.79 Å². The number of hydrogen-bond acceptors (Lipinski definition) is 2. The highest BCUT2D eigenvalue weighted by molar-refractivity contribution is 5.93. The minimum Gasteiger partial charge on any atom is -0.338 e. The fourth-order valence-corrected chi connectivity index (χ4v) is 3.16. The number of hydrogen-bond donors (Lipinski definition) is 0. The van der Waals surface area contributed by atoms with Crippen LogP contribution in [0.5, 0.6) is 0 Å². The zero-order chi connectivity index (χ0) is 19.4. The predicted molar refractivity (Wildman–Crippen MR) is 107 cm³/mol. The normalized spacial score (nSPS) is 11.4. The Morgan fingerprint density at radius 1 is 0.960 bits per heavy atom. The molecule has 142 valence electrons. The van der Waals surface area contributed by atoms with Crippen molar-refractivity contribution in [1.29, 1.82) is 0 Å². The van der Waals surface area contributed by atoms with E-state index in [1.165, 1.54) is 38.5 Å². The van der Waals surface area contributed by atoms with E-state index < -0.39 is 0 Å². The van der Waals surface area contributed by atoms with Crippen LogP contribution in [0.15, 0.2) is 12.2 Å². The minimum atomic E-state index is -0.0217. The molecule has 0 atom stereocenters. The molecule has 1 amide bonds. The van der Waals surface area contributed by atoms with Crippen LogP contribution in [0, 0.1) is 0 Å². The van der Waals surface area contributed by atoms with Crippen molar-refractivity contribution in [2.75, 3.05) is 13.1 Å². The molecular weight excluding hydrogens is 308 g/mol. The third-order valence-corrected chi connectivity index (χ3v) is 4.82. The smallest absolute Gasteiger partial charge is 0.272 e. The maximum absolute atomic E-state index is 12.9. The number of nitrogens with zero attached hydrogens (tertiary/aromatic N) is 2. The van der Waals surface area contributed by atoms with Crippen molar-refractivity contribution >= 4 is 5.91 Å². The summed E-state index contributed by atoms with van der Waals surface area (Å²) >= 11 is 0. The molecule has 25 heavy (non-hydrogen) atoms. The Balaban J connectivity index is 3.01. The highest BCUT2D eigenvalue weighted by Crippen LogP contribution is 2.17. The van der Waals surface area contributed by atoms with E-state index >= 15 is 0 Å². The largest absolute Gasteiger partial charge is 0.338 e. The van der Waals surface area contributed by atoms with Crippen LogP contribution in [0.1, 0.15) is 102 Å². The second kappa shape index (κ2) is 12.9. The fraction of sp³-hybridized carbons (Fsp3) is 0.727. The highest BCUT2D eigenvalue weighted by Gasteiger charge is 2.18. The maximum atomic E-state index is 12.9. The lowest BCUT2D eigenvalue weighted by atomic mass is 10.00. The molecule has 0 aromatic carbocycles. The van der Waals surface area contributed by atoms with Gasteiger partial charge in [-0.2, -0.15) is 0 Å². The van der Waals surface area contributed by atoms with Crippen molar-refractivity contribution in [3.63, 3.8) is 0 Å². The molecule has 0 saturated heterocycles. The van der Waals surface area contributed by atoms with Crippen LogP contribution in [0.3, 0.4) is 0 Å². The summed E-state index contributed by atoms with van der Waals surface area (Å²) in [5.74, 6) is -0.0217. The van der Waals surface area contributed by atoms with Gasteiger partial charge in [-0.15, -0.1) is 0 Å². The van der Waals surface area contributed by atoms with Crippen molar-refractivity contribution in [1.82, 2.24) is 9.88 Å². The molecule has 0 unspecified atom stereocenters. The van der Waals surface area contributed by atoms with Gasteiger partial charge in [0.1, 0.15) is 5.69 Å². The Labute approximate surface area is 156 Å². The van der Waals surface area contributed by atoms with E-state index in [0.717, 1.165) is 36.8 Å². The summed E-state index contributed by atoms with van der Waals surface area (Å²) in [5, 5.41) is 0. The Morgan fingerprint density at radius 3 is 2.12 bits per heavy atom. The lowest BCUT2D eigenvalue weighted by Gasteiger charge is -2.20. The fourth-order valence-electron chi connectivity index (χ4n) is 3.16. The lowest BCUT2D eigenvalue weighted by molar-refractivity contribution is 0.0766. The Hall–Kier alpha value is -1.38. The molecule has 0 bridgehead atoms. The Morgan fingerprint density at radius 2 is 1.56 bits per heavy atom. The molecule has 1 aromatic heterocycles. The van der Waals surface area contributed by atoms with Gasteiger partial charge in [-0.25, -0.2) is 0 Å². The third-order valence-electron chi connectivity index (χ3n) is 4.82. The third kappa shape index (κ3) is 7.58. The first-order chi connectivity index (χ1) is 12.6. The molecule has 0 aliphatic heterocycles. The summed E-state index contributed by atoms with van der Waals surface area (Å²) in [7, 11) is 0. The van der Waals surface area contributed by atoms with E-state index in [1.54, 1.807) is 4.90 Å². The summed E-state index contributed by atoms with van der Waals surface area (Å²) in [6.45, 7) is 9.76. The molecule has 0 aliphatic carbocycles. The number of unbranched alkanes of at least 4 members (excludes halogenated alkanes) is 6. The number of carbonyl (C=O) groups excluding carboxylic acids is 1. The van der Waals surface area contributed by atoms with Gasteiger partial charge in [-0.3, -0.25) is 9.78 Å². The zero-order valence-corrected chi connectivity index (χ0v) is 16.9. The van der Waals surface area contributed by atoms with Gasteiger partial charge < -0.3 is 4.90 Å². The molecule has 0 spiro atoms. The first kappa shape index (κ1) is 19.9. The van der Waals surface area contributed by atoms with Crippen molar-refractivity contribution in [3.8, 4) is 0 Å². The first-order valence-electron chi connectivity index (χ1n) is 10.9. The number of pyridine rings is 1. The number of rotatable bonds is 13. The molecule has 0 N–H and O–H groups in total. The van der Waals surface area contributed by atoms with Crippen LogP contribution in [-0.2, 0) is 12.8 Å². The monoisotopic (exact) mass is 347 g/mol. The number of carbonyl (C=O) groups is 1.